The average molecular weight is 431 g/mol. The zero-order valence-electron chi connectivity index (χ0n) is 15.9. The number of carbonyl (C=O) groups excluding carboxylic acids is 1. The van der Waals surface area contributed by atoms with Gasteiger partial charge in [-0.3, -0.25) is 4.79 Å². The molecule has 1 saturated heterocycles. The monoisotopic (exact) mass is 430 g/mol. The fourth-order valence-electron chi connectivity index (χ4n) is 3.46. The van der Waals surface area contributed by atoms with E-state index < -0.39 is 16.1 Å². The lowest BCUT2D eigenvalue weighted by atomic mass is 10.1. The molecule has 2 heterocycles. The van der Waals surface area contributed by atoms with Crippen molar-refractivity contribution in [2.45, 2.75) is 13.5 Å². The van der Waals surface area contributed by atoms with E-state index in [4.69, 9.17) is 0 Å². The first-order valence-corrected chi connectivity index (χ1v) is 11.6. The van der Waals surface area contributed by atoms with Crippen molar-refractivity contribution in [1.82, 2.24) is 9.03 Å². The Morgan fingerprint density at radius 3 is 2.59 bits per heavy atom. The molecule has 0 saturated carbocycles. The molecule has 1 aliphatic rings. The SMILES string of the molecule is Cc1cccc2scc(CNc3ccccc3NCCN3CC(=O)NS3(=O)=O)c12. The minimum absolute atomic E-state index is 0.130. The number of carbonyl (C=O) groups is 1. The minimum Gasteiger partial charge on any atom is -0.382 e. The number of para-hydroxylation sites is 2. The fourth-order valence-corrected chi connectivity index (χ4v) is 5.59. The van der Waals surface area contributed by atoms with Crippen LogP contribution in [0.1, 0.15) is 11.1 Å². The number of fused-ring (bicyclic) bond motifs is 1. The lowest BCUT2D eigenvalue weighted by Gasteiger charge is -2.16. The van der Waals surface area contributed by atoms with Crippen LogP contribution in [0.25, 0.3) is 10.1 Å². The summed E-state index contributed by atoms with van der Waals surface area (Å²) in [5, 5.41) is 10.2. The van der Waals surface area contributed by atoms with Crippen molar-refractivity contribution in [3.63, 3.8) is 0 Å². The van der Waals surface area contributed by atoms with Crippen LogP contribution in [0, 0.1) is 6.92 Å². The molecule has 0 radical (unpaired) electrons. The molecule has 1 aliphatic heterocycles. The second-order valence-corrected chi connectivity index (χ2v) is 9.48. The molecule has 0 atom stereocenters. The Morgan fingerprint density at radius 1 is 1.10 bits per heavy atom. The lowest BCUT2D eigenvalue weighted by molar-refractivity contribution is -0.118. The summed E-state index contributed by atoms with van der Waals surface area (Å²) in [5.74, 6) is -0.495. The Labute approximate surface area is 173 Å². The summed E-state index contributed by atoms with van der Waals surface area (Å²) in [6.07, 6.45) is 0. The number of hydrogen-bond acceptors (Lipinski definition) is 6. The summed E-state index contributed by atoms with van der Waals surface area (Å²) < 4.78 is 28.0. The van der Waals surface area contributed by atoms with Crippen LogP contribution in [0.15, 0.2) is 47.8 Å². The number of thiophene rings is 1. The number of nitrogens with one attached hydrogen (secondary N) is 3. The molecule has 1 amide bonds. The van der Waals surface area contributed by atoms with Gasteiger partial charge in [-0.2, -0.15) is 12.7 Å². The summed E-state index contributed by atoms with van der Waals surface area (Å²) in [7, 11) is -3.69. The molecule has 4 rings (SSSR count). The molecule has 1 aromatic heterocycles. The molecule has 0 aliphatic carbocycles. The predicted molar refractivity (Wildman–Crippen MR) is 117 cm³/mol. The molecule has 152 valence electrons. The molecule has 0 unspecified atom stereocenters. The highest BCUT2D eigenvalue weighted by Gasteiger charge is 2.33. The van der Waals surface area contributed by atoms with E-state index in [-0.39, 0.29) is 13.1 Å². The van der Waals surface area contributed by atoms with Gasteiger partial charge in [0.1, 0.15) is 0 Å². The van der Waals surface area contributed by atoms with Crippen LogP contribution < -0.4 is 15.4 Å². The number of hydrogen-bond donors (Lipinski definition) is 3. The molecule has 29 heavy (non-hydrogen) atoms. The number of anilines is 2. The maximum Gasteiger partial charge on any atom is 0.304 e. The Balaban J connectivity index is 1.41. The average Bonchev–Trinajstić information content (AvgIpc) is 3.21. The Hall–Kier alpha value is -2.62. The zero-order chi connectivity index (χ0) is 20.4. The summed E-state index contributed by atoms with van der Waals surface area (Å²) in [6, 6.07) is 14.2. The molecule has 0 spiro atoms. The third kappa shape index (κ3) is 4.21. The van der Waals surface area contributed by atoms with Gasteiger partial charge < -0.3 is 10.6 Å². The van der Waals surface area contributed by atoms with E-state index in [1.165, 1.54) is 21.2 Å². The summed E-state index contributed by atoms with van der Waals surface area (Å²) >= 11 is 1.74. The number of nitrogens with zero attached hydrogens (tertiary/aromatic N) is 1. The van der Waals surface area contributed by atoms with Crippen molar-refractivity contribution in [2.75, 3.05) is 30.3 Å². The van der Waals surface area contributed by atoms with E-state index in [9.17, 15) is 13.2 Å². The lowest BCUT2D eigenvalue weighted by Crippen LogP contribution is -2.33. The maximum absolute atomic E-state index is 11.8. The van der Waals surface area contributed by atoms with Gasteiger partial charge in [-0.1, -0.05) is 24.3 Å². The van der Waals surface area contributed by atoms with Crippen molar-refractivity contribution < 1.29 is 13.2 Å². The van der Waals surface area contributed by atoms with Crippen molar-refractivity contribution in [1.29, 1.82) is 0 Å². The van der Waals surface area contributed by atoms with E-state index in [1.54, 1.807) is 11.3 Å². The standard InChI is InChI=1S/C20H22N4O3S2/c1-14-5-4-8-18-20(14)15(13-28-18)11-22-17-7-3-2-6-16(17)21-9-10-24-12-19(25)23-29(24,26)27/h2-8,13,21-22H,9-12H2,1H3,(H,23,25). The van der Waals surface area contributed by atoms with Crippen LogP contribution in [-0.2, 0) is 21.5 Å². The van der Waals surface area contributed by atoms with Gasteiger partial charge in [-0.15, -0.1) is 11.3 Å². The molecule has 3 aromatic rings. The third-order valence-corrected chi connectivity index (χ3v) is 7.33. The van der Waals surface area contributed by atoms with E-state index in [1.807, 2.05) is 29.0 Å². The van der Waals surface area contributed by atoms with E-state index >= 15 is 0 Å². The van der Waals surface area contributed by atoms with Gasteiger partial charge >= 0.3 is 10.2 Å². The number of amides is 1. The highest BCUT2D eigenvalue weighted by molar-refractivity contribution is 7.88. The van der Waals surface area contributed by atoms with Gasteiger partial charge in [0, 0.05) is 29.7 Å². The summed E-state index contributed by atoms with van der Waals surface area (Å²) in [6.45, 7) is 3.30. The van der Waals surface area contributed by atoms with Crippen molar-refractivity contribution >= 4 is 48.9 Å². The van der Waals surface area contributed by atoms with Gasteiger partial charge in [-0.05, 0) is 41.6 Å². The number of benzene rings is 2. The van der Waals surface area contributed by atoms with E-state index in [0.717, 1.165) is 15.7 Å². The van der Waals surface area contributed by atoms with Crippen LogP contribution in [0.2, 0.25) is 0 Å². The van der Waals surface area contributed by atoms with Crippen LogP contribution in [-0.4, -0.2) is 38.3 Å². The zero-order valence-corrected chi connectivity index (χ0v) is 17.6. The minimum atomic E-state index is -3.69. The second-order valence-electron chi connectivity index (χ2n) is 6.90. The van der Waals surface area contributed by atoms with Crippen molar-refractivity contribution in [3.05, 3.63) is 59.0 Å². The van der Waals surface area contributed by atoms with E-state index in [2.05, 4.69) is 41.1 Å². The maximum atomic E-state index is 11.8. The summed E-state index contributed by atoms with van der Waals surface area (Å²) in [4.78, 5) is 11.3. The van der Waals surface area contributed by atoms with Gasteiger partial charge in [-0.25, -0.2) is 4.72 Å². The molecule has 9 heteroatoms. The molecular formula is C20H22N4O3S2. The largest absolute Gasteiger partial charge is 0.382 e. The first-order valence-electron chi connectivity index (χ1n) is 9.27. The van der Waals surface area contributed by atoms with Crippen LogP contribution in [0.3, 0.4) is 0 Å². The van der Waals surface area contributed by atoms with Crippen LogP contribution in [0.5, 0.6) is 0 Å². The van der Waals surface area contributed by atoms with Gasteiger partial charge in [0.25, 0.3) is 0 Å². The Morgan fingerprint density at radius 2 is 1.86 bits per heavy atom. The highest BCUT2D eigenvalue weighted by atomic mass is 32.2. The van der Waals surface area contributed by atoms with E-state index in [0.29, 0.717) is 13.1 Å². The third-order valence-electron chi connectivity index (χ3n) is 4.86. The second kappa shape index (κ2) is 8.02. The number of aryl methyl sites for hydroxylation is 1. The van der Waals surface area contributed by atoms with Gasteiger partial charge in [0.05, 0.1) is 17.9 Å². The Kier molecular flexibility index (Phi) is 5.44. The molecule has 2 aromatic carbocycles. The molecule has 3 N–H and O–H groups in total. The molecule has 1 fully saturated rings. The van der Waals surface area contributed by atoms with Crippen LogP contribution in [0.4, 0.5) is 11.4 Å². The first-order chi connectivity index (χ1) is 13.9. The Bertz CT molecular complexity index is 1160. The molecule has 7 nitrogen and oxygen atoms in total. The number of rotatable bonds is 7. The normalized spacial score (nSPS) is 16.1. The van der Waals surface area contributed by atoms with Gasteiger partial charge in [0.2, 0.25) is 5.91 Å². The quantitative estimate of drug-likeness (QED) is 0.536. The fraction of sp³-hybridized carbons (Fsp3) is 0.250. The van der Waals surface area contributed by atoms with Crippen molar-refractivity contribution in [2.24, 2.45) is 0 Å². The van der Waals surface area contributed by atoms with Crippen molar-refractivity contribution in [3.8, 4) is 0 Å². The van der Waals surface area contributed by atoms with Crippen LogP contribution >= 0.6 is 11.3 Å². The van der Waals surface area contributed by atoms with Gasteiger partial charge in [0.15, 0.2) is 0 Å². The molecule has 0 bridgehead atoms. The predicted octanol–water partition coefficient (Wildman–Crippen LogP) is 2.91. The summed E-state index contributed by atoms with van der Waals surface area (Å²) in [5.41, 5.74) is 4.35. The molecular weight excluding hydrogens is 408 g/mol. The highest BCUT2D eigenvalue weighted by Crippen LogP contribution is 2.30. The smallest absolute Gasteiger partial charge is 0.304 e. The first kappa shape index (κ1) is 19.7. The topological polar surface area (TPSA) is 90.5 Å².